The highest BCUT2D eigenvalue weighted by molar-refractivity contribution is 6.04. The maximum absolute atomic E-state index is 12.7. The number of carbonyl (C=O) groups is 1. The molecule has 0 spiro atoms. The van der Waals surface area contributed by atoms with Crippen LogP contribution < -0.4 is 15.8 Å². The van der Waals surface area contributed by atoms with Gasteiger partial charge in [0.15, 0.2) is 0 Å². The number of rotatable bonds is 4. The Bertz CT molecular complexity index is 1320. The first kappa shape index (κ1) is 20.9. The molecule has 1 amide bonds. The number of aromatic nitrogens is 2. The van der Waals surface area contributed by atoms with Crippen molar-refractivity contribution in [3.63, 3.8) is 0 Å². The van der Waals surface area contributed by atoms with E-state index >= 15 is 0 Å². The van der Waals surface area contributed by atoms with Crippen LogP contribution in [0.3, 0.4) is 0 Å². The van der Waals surface area contributed by atoms with Crippen LogP contribution in [0.25, 0.3) is 0 Å². The summed E-state index contributed by atoms with van der Waals surface area (Å²) in [5.74, 6) is 0.295. The second kappa shape index (κ2) is 8.16. The zero-order chi connectivity index (χ0) is 23.1. The number of nitrogens with zero attached hydrogens (tertiary/aromatic N) is 4. The number of nitro groups is 1. The zero-order valence-electron chi connectivity index (χ0n) is 18.1. The molecular formula is C24H23N5O4. The Morgan fingerprint density at radius 1 is 1.12 bits per heavy atom. The molecule has 33 heavy (non-hydrogen) atoms. The molecule has 2 aromatic heterocycles. The molecule has 1 aromatic carbocycles. The Balaban J connectivity index is 1.43. The molecule has 1 fully saturated rings. The number of hydrogen-bond donors (Lipinski definition) is 1. The number of benzene rings is 1. The van der Waals surface area contributed by atoms with Crippen LogP contribution in [0.5, 0.6) is 0 Å². The van der Waals surface area contributed by atoms with Gasteiger partial charge in [-0.3, -0.25) is 19.7 Å². The van der Waals surface area contributed by atoms with Gasteiger partial charge in [0.25, 0.3) is 17.2 Å². The summed E-state index contributed by atoms with van der Waals surface area (Å²) < 4.78 is 1.83. The molecule has 9 nitrogen and oxygen atoms in total. The summed E-state index contributed by atoms with van der Waals surface area (Å²) in [6.45, 7) is 3.63. The molecule has 9 heteroatoms. The summed E-state index contributed by atoms with van der Waals surface area (Å²) in [4.78, 5) is 42.7. The van der Waals surface area contributed by atoms with Crippen molar-refractivity contribution in [2.45, 2.75) is 25.8 Å². The van der Waals surface area contributed by atoms with Crippen molar-refractivity contribution in [2.75, 3.05) is 23.3 Å². The summed E-state index contributed by atoms with van der Waals surface area (Å²) in [6.07, 6.45) is 0.956. The Labute approximate surface area is 189 Å². The number of piperidine rings is 1. The molecule has 0 aliphatic carbocycles. The molecule has 5 rings (SSSR count). The van der Waals surface area contributed by atoms with Crippen molar-refractivity contribution in [2.24, 2.45) is 5.92 Å². The predicted octanol–water partition coefficient (Wildman–Crippen LogP) is 3.34. The first-order valence-electron chi connectivity index (χ1n) is 10.9. The number of carbonyl (C=O) groups excluding carboxylic acids is 1. The highest BCUT2D eigenvalue weighted by atomic mass is 16.6. The molecule has 168 valence electrons. The topological polar surface area (TPSA) is 110 Å². The van der Waals surface area contributed by atoms with Gasteiger partial charge in [-0.2, -0.15) is 0 Å². The highest BCUT2D eigenvalue weighted by Crippen LogP contribution is 2.39. The van der Waals surface area contributed by atoms with Gasteiger partial charge in [-0.15, -0.1) is 0 Å². The maximum Gasteiger partial charge on any atom is 0.293 e. The van der Waals surface area contributed by atoms with Crippen molar-refractivity contribution in [3.05, 3.63) is 92.0 Å². The number of anilines is 2. The van der Waals surface area contributed by atoms with E-state index in [9.17, 15) is 19.7 Å². The number of pyridine rings is 2. The minimum absolute atomic E-state index is 0.0000884. The van der Waals surface area contributed by atoms with Gasteiger partial charge in [0.05, 0.1) is 4.92 Å². The average molecular weight is 445 g/mol. The van der Waals surface area contributed by atoms with Crippen LogP contribution in [0, 0.1) is 23.0 Å². The summed E-state index contributed by atoms with van der Waals surface area (Å²) >= 11 is 0. The first-order chi connectivity index (χ1) is 15.9. The van der Waals surface area contributed by atoms with Gasteiger partial charge in [-0.25, -0.2) is 4.98 Å². The van der Waals surface area contributed by atoms with E-state index in [4.69, 9.17) is 0 Å². The van der Waals surface area contributed by atoms with Crippen molar-refractivity contribution in [3.8, 4) is 0 Å². The molecule has 3 aromatic rings. The van der Waals surface area contributed by atoms with E-state index in [1.165, 1.54) is 6.07 Å². The molecular weight excluding hydrogens is 422 g/mol. The Morgan fingerprint density at radius 2 is 1.94 bits per heavy atom. The summed E-state index contributed by atoms with van der Waals surface area (Å²) in [7, 11) is 0. The lowest BCUT2D eigenvalue weighted by Gasteiger charge is -2.43. The van der Waals surface area contributed by atoms with E-state index in [1.54, 1.807) is 36.4 Å². The predicted molar refractivity (Wildman–Crippen MR) is 124 cm³/mol. The third-order valence-electron chi connectivity index (χ3n) is 6.38. The van der Waals surface area contributed by atoms with Gasteiger partial charge in [0.1, 0.15) is 11.5 Å². The van der Waals surface area contributed by atoms with Crippen molar-refractivity contribution in [1.29, 1.82) is 0 Å². The van der Waals surface area contributed by atoms with Gasteiger partial charge in [0, 0.05) is 54.6 Å². The van der Waals surface area contributed by atoms with Crippen LogP contribution in [0.2, 0.25) is 0 Å². The fourth-order valence-corrected chi connectivity index (χ4v) is 4.97. The quantitative estimate of drug-likeness (QED) is 0.487. The third-order valence-corrected chi connectivity index (χ3v) is 6.38. The lowest BCUT2D eigenvalue weighted by molar-refractivity contribution is -0.384. The second-order valence-corrected chi connectivity index (χ2v) is 8.68. The van der Waals surface area contributed by atoms with E-state index < -0.39 is 10.8 Å². The Morgan fingerprint density at radius 3 is 2.73 bits per heavy atom. The van der Waals surface area contributed by atoms with E-state index in [0.29, 0.717) is 31.1 Å². The molecule has 4 heterocycles. The van der Waals surface area contributed by atoms with Gasteiger partial charge in [-0.05, 0) is 49.6 Å². The largest absolute Gasteiger partial charge is 0.365 e. The van der Waals surface area contributed by atoms with E-state index in [2.05, 4.69) is 10.3 Å². The van der Waals surface area contributed by atoms with E-state index in [0.717, 1.165) is 17.8 Å². The third kappa shape index (κ3) is 3.97. The molecule has 0 radical (unpaired) electrons. The van der Waals surface area contributed by atoms with Gasteiger partial charge >= 0.3 is 0 Å². The number of nitrogens with one attached hydrogen (secondary N) is 1. The first-order valence-corrected chi connectivity index (χ1v) is 10.9. The average Bonchev–Trinajstić information content (AvgIpc) is 2.79. The second-order valence-electron chi connectivity index (χ2n) is 8.68. The molecule has 1 saturated heterocycles. The lowest BCUT2D eigenvalue weighted by Crippen LogP contribution is -2.47. The smallest absolute Gasteiger partial charge is 0.293 e. The monoisotopic (exact) mass is 445 g/mol. The minimum Gasteiger partial charge on any atom is -0.365 e. The molecule has 2 aliphatic rings. The fourth-order valence-electron chi connectivity index (χ4n) is 4.97. The fraction of sp³-hybridized carbons (Fsp3) is 0.292. The molecule has 2 aliphatic heterocycles. The molecule has 2 unspecified atom stereocenters. The number of aryl methyl sites for hydroxylation is 1. The maximum atomic E-state index is 12.7. The van der Waals surface area contributed by atoms with Crippen molar-refractivity contribution in [1.82, 2.24) is 9.55 Å². The van der Waals surface area contributed by atoms with E-state index in [-0.39, 0.29) is 28.6 Å². The van der Waals surface area contributed by atoms with Crippen LogP contribution in [0.15, 0.2) is 59.4 Å². The van der Waals surface area contributed by atoms with Crippen molar-refractivity contribution >= 4 is 23.1 Å². The SMILES string of the molecule is Cc1cccc(NC(=O)c2ccc(N3CC4CC(C3)c3cccc(=O)n3C4)c([N+](=O)[O-])c2)n1. The molecule has 0 saturated carbocycles. The summed E-state index contributed by atoms with van der Waals surface area (Å²) in [5, 5.41) is 14.6. The van der Waals surface area contributed by atoms with Crippen LogP contribution in [0.4, 0.5) is 17.2 Å². The number of fused-ring (bicyclic) bond motifs is 4. The minimum atomic E-state index is -0.452. The normalized spacial score (nSPS) is 19.0. The molecule has 2 bridgehead atoms. The lowest BCUT2D eigenvalue weighted by atomic mass is 9.83. The Kier molecular flexibility index (Phi) is 5.16. The number of nitro benzene ring substituents is 1. The molecule has 1 N–H and O–H groups in total. The van der Waals surface area contributed by atoms with Crippen LogP contribution in [-0.4, -0.2) is 33.5 Å². The summed E-state index contributed by atoms with van der Waals surface area (Å²) in [6, 6.07) is 15.2. The summed E-state index contributed by atoms with van der Waals surface area (Å²) in [5.41, 5.74) is 2.32. The Hall–Kier alpha value is -4.01. The number of amides is 1. The van der Waals surface area contributed by atoms with Crippen LogP contribution in [0.1, 0.15) is 34.1 Å². The zero-order valence-corrected chi connectivity index (χ0v) is 18.1. The van der Waals surface area contributed by atoms with E-state index in [1.807, 2.05) is 28.5 Å². The standard InChI is InChI=1S/C24H23N5O4/c1-15-4-2-6-22(25-15)26-24(31)17-8-9-20(21(11-17)29(32)33)27-12-16-10-18(14-27)19-5-3-7-23(30)28(19)13-16/h2-9,11,16,18H,10,12-14H2,1H3,(H,25,26,31). The highest BCUT2D eigenvalue weighted by Gasteiger charge is 2.36. The van der Waals surface area contributed by atoms with Gasteiger partial charge in [-0.1, -0.05) is 12.1 Å². The van der Waals surface area contributed by atoms with Crippen LogP contribution in [-0.2, 0) is 6.54 Å². The van der Waals surface area contributed by atoms with Gasteiger partial charge < -0.3 is 14.8 Å². The van der Waals surface area contributed by atoms with Crippen LogP contribution >= 0.6 is 0 Å². The number of hydrogen-bond acceptors (Lipinski definition) is 6. The van der Waals surface area contributed by atoms with Gasteiger partial charge in [0.2, 0.25) is 0 Å². The van der Waals surface area contributed by atoms with Crippen molar-refractivity contribution < 1.29 is 9.72 Å². The molecule has 2 atom stereocenters.